The molecule has 1 amide bonds. The SMILES string of the molecule is CCN(CC(=O)NCc1ccc(F)cc1)S(=O)(=O)c1ccc(C(C)(C)C)cc1. The highest BCUT2D eigenvalue weighted by Crippen LogP contribution is 2.24. The van der Waals surface area contributed by atoms with Gasteiger partial charge in [0.2, 0.25) is 15.9 Å². The Bertz CT molecular complexity index is 902. The summed E-state index contributed by atoms with van der Waals surface area (Å²) in [6, 6.07) is 12.5. The first-order valence-electron chi connectivity index (χ1n) is 9.16. The predicted molar refractivity (Wildman–Crippen MR) is 108 cm³/mol. The van der Waals surface area contributed by atoms with E-state index in [2.05, 4.69) is 26.1 Å². The van der Waals surface area contributed by atoms with Gasteiger partial charge in [-0.2, -0.15) is 4.31 Å². The second kappa shape index (κ2) is 8.84. The normalized spacial score (nSPS) is 12.2. The number of nitrogens with one attached hydrogen (secondary N) is 1. The number of rotatable bonds is 7. The Balaban J connectivity index is 2.05. The van der Waals surface area contributed by atoms with Gasteiger partial charge in [-0.15, -0.1) is 0 Å². The zero-order chi connectivity index (χ0) is 20.9. The zero-order valence-corrected chi connectivity index (χ0v) is 17.5. The van der Waals surface area contributed by atoms with Crippen LogP contribution < -0.4 is 5.32 Å². The third-order valence-corrected chi connectivity index (χ3v) is 6.37. The molecular formula is C21H27FN2O3S. The summed E-state index contributed by atoms with van der Waals surface area (Å²) in [6.45, 7) is 7.96. The highest BCUT2D eigenvalue weighted by Gasteiger charge is 2.25. The van der Waals surface area contributed by atoms with Crippen molar-refractivity contribution in [2.24, 2.45) is 0 Å². The lowest BCUT2D eigenvalue weighted by molar-refractivity contribution is -0.121. The fourth-order valence-electron chi connectivity index (χ4n) is 2.66. The molecule has 0 aliphatic carbocycles. The number of sulfonamides is 1. The minimum Gasteiger partial charge on any atom is -0.351 e. The fourth-order valence-corrected chi connectivity index (χ4v) is 4.07. The Morgan fingerprint density at radius 2 is 1.61 bits per heavy atom. The van der Waals surface area contributed by atoms with Crippen LogP contribution >= 0.6 is 0 Å². The number of amides is 1. The predicted octanol–water partition coefficient (Wildman–Crippen LogP) is 3.45. The smallest absolute Gasteiger partial charge is 0.243 e. The van der Waals surface area contributed by atoms with Gasteiger partial charge in [0.05, 0.1) is 11.4 Å². The van der Waals surface area contributed by atoms with Crippen molar-refractivity contribution in [2.75, 3.05) is 13.1 Å². The number of nitrogens with zero attached hydrogens (tertiary/aromatic N) is 1. The van der Waals surface area contributed by atoms with Crippen molar-refractivity contribution in [3.8, 4) is 0 Å². The van der Waals surface area contributed by atoms with E-state index in [1.54, 1.807) is 43.3 Å². The maximum absolute atomic E-state index is 12.9. The van der Waals surface area contributed by atoms with Gasteiger partial charge in [0.25, 0.3) is 0 Å². The molecule has 152 valence electrons. The molecule has 2 rings (SSSR count). The number of halogens is 1. The fraction of sp³-hybridized carbons (Fsp3) is 0.381. The Morgan fingerprint density at radius 3 is 2.11 bits per heavy atom. The van der Waals surface area contributed by atoms with E-state index in [1.807, 2.05) is 0 Å². The molecule has 0 aliphatic rings. The Morgan fingerprint density at radius 1 is 1.04 bits per heavy atom. The number of benzene rings is 2. The van der Waals surface area contributed by atoms with Crippen LogP contribution in [0.3, 0.4) is 0 Å². The van der Waals surface area contributed by atoms with Gasteiger partial charge in [-0.05, 0) is 40.8 Å². The van der Waals surface area contributed by atoms with Crippen molar-refractivity contribution in [1.29, 1.82) is 0 Å². The van der Waals surface area contributed by atoms with Crippen LogP contribution in [0.25, 0.3) is 0 Å². The average molecular weight is 407 g/mol. The number of carbonyl (C=O) groups excluding carboxylic acids is 1. The quantitative estimate of drug-likeness (QED) is 0.766. The van der Waals surface area contributed by atoms with E-state index in [9.17, 15) is 17.6 Å². The lowest BCUT2D eigenvalue weighted by Crippen LogP contribution is -2.40. The van der Waals surface area contributed by atoms with Crippen LogP contribution in [0.2, 0.25) is 0 Å². The van der Waals surface area contributed by atoms with Crippen LogP contribution in [0.5, 0.6) is 0 Å². The molecule has 0 radical (unpaired) electrons. The van der Waals surface area contributed by atoms with E-state index >= 15 is 0 Å². The van der Waals surface area contributed by atoms with Crippen LogP contribution in [0.4, 0.5) is 4.39 Å². The maximum atomic E-state index is 12.9. The van der Waals surface area contributed by atoms with Gasteiger partial charge in [0.1, 0.15) is 5.82 Å². The van der Waals surface area contributed by atoms with Crippen molar-refractivity contribution in [3.63, 3.8) is 0 Å². The summed E-state index contributed by atoms with van der Waals surface area (Å²) in [6.07, 6.45) is 0. The maximum Gasteiger partial charge on any atom is 0.243 e. The van der Waals surface area contributed by atoms with Gasteiger partial charge in [-0.3, -0.25) is 4.79 Å². The Hall–Kier alpha value is -2.25. The van der Waals surface area contributed by atoms with E-state index in [0.717, 1.165) is 15.4 Å². The molecule has 0 saturated carbocycles. The molecule has 2 aromatic carbocycles. The van der Waals surface area contributed by atoms with Gasteiger partial charge >= 0.3 is 0 Å². The monoisotopic (exact) mass is 406 g/mol. The lowest BCUT2D eigenvalue weighted by Gasteiger charge is -2.22. The van der Waals surface area contributed by atoms with Crippen LogP contribution in [0, 0.1) is 5.82 Å². The van der Waals surface area contributed by atoms with E-state index in [4.69, 9.17) is 0 Å². The van der Waals surface area contributed by atoms with Gasteiger partial charge in [-0.25, -0.2) is 12.8 Å². The molecule has 1 N–H and O–H groups in total. The van der Waals surface area contributed by atoms with Gasteiger partial charge < -0.3 is 5.32 Å². The van der Waals surface area contributed by atoms with Crippen LogP contribution in [-0.2, 0) is 26.8 Å². The van der Waals surface area contributed by atoms with Crippen molar-refractivity contribution in [2.45, 2.75) is 44.6 Å². The second-order valence-corrected chi connectivity index (χ2v) is 9.55. The lowest BCUT2D eigenvalue weighted by atomic mass is 9.87. The van der Waals surface area contributed by atoms with Gasteiger partial charge in [-0.1, -0.05) is 52.0 Å². The molecule has 2 aromatic rings. The van der Waals surface area contributed by atoms with Crippen molar-refractivity contribution < 1.29 is 17.6 Å². The summed E-state index contributed by atoms with van der Waals surface area (Å²) >= 11 is 0. The molecule has 28 heavy (non-hydrogen) atoms. The molecule has 0 saturated heterocycles. The molecule has 0 spiro atoms. The topological polar surface area (TPSA) is 66.5 Å². The Labute approximate surface area is 166 Å². The van der Waals surface area contributed by atoms with E-state index < -0.39 is 15.9 Å². The highest BCUT2D eigenvalue weighted by atomic mass is 32.2. The van der Waals surface area contributed by atoms with Gasteiger partial charge in [0, 0.05) is 13.1 Å². The first-order chi connectivity index (χ1) is 13.0. The van der Waals surface area contributed by atoms with Crippen LogP contribution in [0.15, 0.2) is 53.4 Å². The van der Waals surface area contributed by atoms with Crippen molar-refractivity contribution in [3.05, 3.63) is 65.5 Å². The highest BCUT2D eigenvalue weighted by molar-refractivity contribution is 7.89. The van der Waals surface area contributed by atoms with E-state index in [0.29, 0.717) is 0 Å². The first-order valence-corrected chi connectivity index (χ1v) is 10.6. The molecule has 0 bridgehead atoms. The molecular weight excluding hydrogens is 379 g/mol. The molecule has 0 unspecified atom stereocenters. The minimum absolute atomic E-state index is 0.0764. The number of hydrogen-bond acceptors (Lipinski definition) is 3. The molecule has 0 aliphatic heterocycles. The van der Waals surface area contributed by atoms with Crippen molar-refractivity contribution >= 4 is 15.9 Å². The van der Waals surface area contributed by atoms with Crippen molar-refractivity contribution in [1.82, 2.24) is 9.62 Å². The third kappa shape index (κ3) is 5.62. The minimum atomic E-state index is -3.77. The summed E-state index contributed by atoms with van der Waals surface area (Å²) in [5, 5.41) is 2.67. The summed E-state index contributed by atoms with van der Waals surface area (Å²) in [7, 11) is -3.77. The number of likely N-dealkylation sites (N-methyl/N-ethyl adjacent to an activating group) is 1. The van der Waals surface area contributed by atoms with E-state index in [1.165, 1.54) is 12.1 Å². The molecule has 5 nitrogen and oxygen atoms in total. The first kappa shape index (κ1) is 22.0. The number of hydrogen-bond donors (Lipinski definition) is 1. The van der Waals surface area contributed by atoms with Crippen LogP contribution in [-0.4, -0.2) is 31.7 Å². The summed E-state index contributed by atoms with van der Waals surface area (Å²) in [5.74, 6) is -0.767. The second-order valence-electron chi connectivity index (χ2n) is 7.61. The van der Waals surface area contributed by atoms with E-state index in [-0.39, 0.29) is 35.8 Å². The largest absolute Gasteiger partial charge is 0.351 e. The standard InChI is InChI=1S/C21H27FN2O3S/c1-5-24(15-20(25)23-14-16-6-10-18(22)11-7-16)28(26,27)19-12-8-17(9-13-19)21(2,3)4/h6-13H,5,14-15H2,1-4H3,(H,23,25). The molecule has 7 heteroatoms. The number of carbonyl (C=O) groups is 1. The summed E-state index contributed by atoms with van der Waals surface area (Å²) in [5.41, 5.74) is 1.69. The van der Waals surface area contributed by atoms with Gasteiger partial charge in [0.15, 0.2) is 0 Å². The zero-order valence-electron chi connectivity index (χ0n) is 16.7. The summed E-state index contributed by atoms with van der Waals surface area (Å²) < 4.78 is 39.8. The summed E-state index contributed by atoms with van der Waals surface area (Å²) in [4.78, 5) is 12.4. The Kier molecular flexibility index (Phi) is 6.96. The molecule has 0 heterocycles. The molecule has 0 fully saturated rings. The average Bonchev–Trinajstić information content (AvgIpc) is 2.65. The van der Waals surface area contributed by atoms with Crippen LogP contribution in [0.1, 0.15) is 38.8 Å². The molecule has 0 atom stereocenters. The molecule has 0 aromatic heterocycles. The third-order valence-electron chi connectivity index (χ3n) is 4.43.